The first-order valence-corrected chi connectivity index (χ1v) is 14.2. The Balaban J connectivity index is 1.45. The van der Waals surface area contributed by atoms with Crippen LogP contribution < -0.4 is 15.1 Å². The van der Waals surface area contributed by atoms with E-state index < -0.39 is 32.8 Å². The molecule has 0 radical (unpaired) electrons. The summed E-state index contributed by atoms with van der Waals surface area (Å²) < 4.78 is 51.8. The van der Waals surface area contributed by atoms with Crippen molar-refractivity contribution in [3.05, 3.63) is 64.2 Å². The second kappa shape index (κ2) is 9.09. The molecule has 2 aromatic carbocycles. The molecule has 1 N–H and O–H groups in total. The maximum atomic E-state index is 15.8. The zero-order chi connectivity index (χ0) is 26.8. The number of rotatable bonds is 6. The minimum Gasteiger partial charge on any atom is -0.492 e. The van der Waals surface area contributed by atoms with Gasteiger partial charge in [0.25, 0.3) is 0 Å². The van der Waals surface area contributed by atoms with E-state index in [0.29, 0.717) is 25.0 Å². The fraction of sp³-hybridized carbons (Fsp3) is 0.407. The van der Waals surface area contributed by atoms with E-state index in [2.05, 4.69) is 0 Å². The number of sulfonamides is 1. The van der Waals surface area contributed by atoms with Crippen molar-refractivity contribution in [2.24, 2.45) is 5.92 Å². The number of anilines is 1. The van der Waals surface area contributed by atoms with Crippen molar-refractivity contribution in [3.63, 3.8) is 0 Å². The number of pyridine rings is 1. The molecule has 6 rings (SSSR count). The number of aromatic nitrogens is 1. The van der Waals surface area contributed by atoms with Gasteiger partial charge in [0.2, 0.25) is 15.5 Å². The predicted octanol–water partition coefficient (Wildman–Crippen LogP) is 3.47. The Bertz CT molecular complexity index is 1600. The molecule has 0 bridgehead atoms. The van der Waals surface area contributed by atoms with Crippen LogP contribution in [0.3, 0.4) is 0 Å². The van der Waals surface area contributed by atoms with Gasteiger partial charge in [-0.1, -0.05) is 18.2 Å². The maximum Gasteiger partial charge on any atom is 0.341 e. The van der Waals surface area contributed by atoms with Gasteiger partial charge in [-0.25, -0.2) is 17.6 Å². The summed E-state index contributed by atoms with van der Waals surface area (Å²) in [7, 11) is -2.33. The number of halogens is 1. The SMILES string of the molecule is COc1c(N2C[C@H]3CCCN(S(=O)(=O)c4ccccc4)[C@H]3C2)c(F)cc2c(=O)c(C(=O)O)cn(C3CC3)c12. The molecule has 1 saturated carbocycles. The zero-order valence-electron chi connectivity index (χ0n) is 20.8. The van der Waals surface area contributed by atoms with Crippen LogP contribution in [0.25, 0.3) is 10.9 Å². The van der Waals surface area contributed by atoms with Crippen LogP contribution in [-0.2, 0) is 10.0 Å². The smallest absolute Gasteiger partial charge is 0.341 e. The maximum absolute atomic E-state index is 15.8. The first-order valence-electron chi connectivity index (χ1n) is 12.7. The van der Waals surface area contributed by atoms with Gasteiger partial charge in [0.15, 0.2) is 11.6 Å². The quantitative estimate of drug-likeness (QED) is 0.509. The summed E-state index contributed by atoms with van der Waals surface area (Å²) in [6.45, 7) is 1.10. The van der Waals surface area contributed by atoms with E-state index in [1.54, 1.807) is 39.2 Å². The lowest BCUT2D eigenvalue weighted by Gasteiger charge is -2.35. The summed E-state index contributed by atoms with van der Waals surface area (Å²) in [5, 5.41) is 9.52. The molecular formula is C27H28FN3O6S. The highest BCUT2D eigenvalue weighted by atomic mass is 32.2. The van der Waals surface area contributed by atoms with Crippen molar-refractivity contribution in [1.82, 2.24) is 8.87 Å². The molecule has 2 aliphatic heterocycles. The molecule has 0 spiro atoms. The summed E-state index contributed by atoms with van der Waals surface area (Å²) in [5.74, 6) is -1.90. The number of carboxylic acid groups (broad SMARTS) is 1. The lowest BCUT2D eigenvalue weighted by molar-refractivity contribution is 0.0694. The monoisotopic (exact) mass is 541 g/mol. The van der Waals surface area contributed by atoms with Gasteiger partial charge in [-0.15, -0.1) is 0 Å². The molecule has 1 aromatic heterocycles. The van der Waals surface area contributed by atoms with E-state index in [-0.39, 0.29) is 46.3 Å². The van der Waals surface area contributed by atoms with Gasteiger partial charge < -0.3 is 19.3 Å². The molecule has 0 unspecified atom stereocenters. The third kappa shape index (κ3) is 3.87. The predicted molar refractivity (Wildman–Crippen MR) is 139 cm³/mol. The Morgan fingerprint density at radius 2 is 1.87 bits per heavy atom. The van der Waals surface area contributed by atoms with Gasteiger partial charge in [-0.05, 0) is 49.8 Å². The molecular weight excluding hydrogens is 513 g/mol. The molecule has 9 nitrogen and oxygen atoms in total. The number of hydrogen-bond donors (Lipinski definition) is 1. The lowest BCUT2D eigenvalue weighted by atomic mass is 9.94. The normalized spacial score (nSPS) is 22.0. The van der Waals surface area contributed by atoms with Crippen LogP contribution in [-0.4, -0.2) is 61.2 Å². The number of aromatic carboxylic acids is 1. The summed E-state index contributed by atoms with van der Waals surface area (Å²) in [6.07, 6.45) is 4.47. The molecule has 2 saturated heterocycles. The number of ether oxygens (including phenoxy) is 1. The third-order valence-corrected chi connectivity index (χ3v) is 9.91. The van der Waals surface area contributed by atoms with E-state index in [0.717, 1.165) is 25.3 Å². The third-order valence-electron chi connectivity index (χ3n) is 7.97. The van der Waals surface area contributed by atoms with Crippen LogP contribution in [0.2, 0.25) is 0 Å². The number of nitrogens with zero attached hydrogens (tertiary/aromatic N) is 3. The van der Waals surface area contributed by atoms with Crippen molar-refractivity contribution in [2.75, 3.05) is 31.6 Å². The highest BCUT2D eigenvalue weighted by molar-refractivity contribution is 7.89. The highest BCUT2D eigenvalue weighted by Gasteiger charge is 2.45. The van der Waals surface area contributed by atoms with Gasteiger partial charge in [0.1, 0.15) is 11.3 Å². The fourth-order valence-electron chi connectivity index (χ4n) is 6.07. The Kier molecular flexibility index (Phi) is 5.95. The fourth-order valence-corrected chi connectivity index (χ4v) is 7.81. The average molecular weight is 542 g/mol. The highest BCUT2D eigenvalue weighted by Crippen LogP contribution is 2.46. The zero-order valence-corrected chi connectivity index (χ0v) is 21.7. The molecule has 1 aliphatic carbocycles. The molecule has 3 aliphatic rings. The van der Waals surface area contributed by atoms with Crippen LogP contribution in [0.5, 0.6) is 5.75 Å². The first kappa shape index (κ1) is 24.9. The van der Waals surface area contributed by atoms with E-state index in [1.807, 2.05) is 4.90 Å². The van der Waals surface area contributed by atoms with E-state index in [9.17, 15) is 23.1 Å². The van der Waals surface area contributed by atoms with Crippen LogP contribution in [0.1, 0.15) is 42.1 Å². The molecule has 11 heteroatoms. The summed E-state index contributed by atoms with van der Waals surface area (Å²) >= 11 is 0. The Morgan fingerprint density at radius 3 is 2.53 bits per heavy atom. The average Bonchev–Trinajstić information content (AvgIpc) is 3.66. The minimum absolute atomic E-state index is 0.00190. The van der Waals surface area contributed by atoms with Crippen LogP contribution in [0.15, 0.2) is 52.3 Å². The van der Waals surface area contributed by atoms with Crippen LogP contribution in [0, 0.1) is 11.7 Å². The van der Waals surface area contributed by atoms with Gasteiger partial charge in [-0.2, -0.15) is 4.31 Å². The molecule has 200 valence electrons. The minimum atomic E-state index is -3.73. The van der Waals surface area contributed by atoms with E-state index in [1.165, 1.54) is 13.3 Å². The first-order chi connectivity index (χ1) is 18.2. The van der Waals surface area contributed by atoms with Crippen LogP contribution in [0.4, 0.5) is 10.1 Å². The summed E-state index contributed by atoms with van der Waals surface area (Å²) in [6, 6.07) is 9.08. The number of piperidine rings is 1. The molecule has 2 atom stereocenters. The van der Waals surface area contributed by atoms with Crippen molar-refractivity contribution < 1.29 is 27.4 Å². The number of hydrogen-bond acceptors (Lipinski definition) is 6. The topological polar surface area (TPSA) is 109 Å². The van der Waals surface area contributed by atoms with Crippen molar-refractivity contribution >= 4 is 32.6 Å². The summed E-state index contributed by atoms with van der Waals surface area (Å²) in [5.41, 5.74) is -0.635. The number of carboxylic acids is 1. The Morgan fingerprint density at radius 1 is 1.13 bits per heavy atom. The van der Waals surface area contributed by atoms with Gasteiger partial charge in [-0.3, -0.25) is 4.79 Å². The van der Waals surface area contributed by atoms with Crippen LogP contribution >= 0.6 is 0 Å². The summed E-state index contributed by atoms with van der Waals surface area (Å²) in [4.78, 5) is 26.8. The van der Waals surface area contributed by atoms with E-state index in [4.69, 9.17) is 4.74 Å². The standard InChI is InChI=1S/C27H28FN3O6S/c1-37-26-23-19(25(32)20(27(33)34)14-30(23)17-9-10-17)12-21(28)24(26)29-13-16-6-5-11-31(22(16)15-29)38(35,36)18-7-3-2-4-8-18/h2-4,7-8,12,14,16-17,22H,5-6,9-11,13,15H2,1H3,(H,33,34)/t16-,22+/m1/s1. The number of fused-ring (bicyclic) bond motifs is 2. The molecule has 0 amide bonds. The van der Waals surface area contributed by atoms with Crippen molar-refractivity contribution in [3.8, 4) is 5.75 Å². The Hall–Kier alpha value is -3.44. The number of methoxy groups -OCH3 is 1. The second-order valence-electron chi connectivity index (χ2n) is 10.3. The largest absolute Gasteiger partial charge is 0.492 e. The molecule has 3 fully saturated rings. The van der Waals surface area contributed by atoms with Crippen molar-refractivity contribution in [1.29, 1.82) is 0 Å². The van der Waals surface area contributed by atoms with Gasteiger partial charge in [0.05, 0.1) is 22.9 Å². The number of carbonyl (C=O) groups is 1. The second-order valence-corrected chi connectivity index (χ2v) is 12.1. The number of benzene rings is 2. The van der Waals surface area contributed by atoms with Gasteiger partial charge in [0, 0.05) is 37.9 Å². The Labute approximate surface area is 219 Å². The van der Waals surface area contributed by atoms with Gasteiger partial charge >= 0.3 is 5.97 Å². The molecule has 38 heavy (non-hydrogen) atoms. The molecule has 3 aromatic rings. The lowest BCUT2D eigenvalue weighted by Crippen LogP contribution is -2.48. The van der Waals surface area contributed by atoms with E-state index >= 15 is 4.39 Å². The van der Waals surface area contributed by atoms with Crippen molar-refractivity contribution in [2.45, 2.75) is 42.7 Å². The molecule has 3 heterocycles.